The molecule has 4 rings (SSSR count). The van der Waals surface area contributed by atoms with Gasteiger partial charge in [-0.3, -0.25) is 4.79 Å². The van der Waals surface area contributed by atoms with Crippen LogP contribution in [-0.2, 0) is 16.1 Å². The Labute approximate surface area is 195 Å². The molecule has 1 aromatic heterocycles. The fraction of sp³-hybridized carbons (Fsp3) is 0.160. The van der Waals surface area contributed by atoms with E-state index in [2.05, 4.69) is 44.9 Å². The minimum atomic E-state index is -1.09. The van der Waals surface area contributed by atoms with Gasteiger partial charge in [-0.25, -0.2) is 19.6 Å². The Kier molecular flexibility index (Phi) is 6.92. The van der Waals surface area contributed by atoms with Crippen molar-refractivity contribution in [1.29, 1.82) is 0 Å². The summed E-state index contributed by atoms with van der Waals surface area (Å²) >= 11 is 0. The lowest BCUT2D eigenvalue weighted by atomic mass is 9.98. The number of rotatable bonds is 8. The van der Waals surface area contributed by atoms with Gasteiger partial charge in [0, 0.05) is 30.9 Å². The van der Waals surface area contributed by atoms with Gasteiger partial charge in [-0.15, -0.1) is 0 Å². The smallest absolute Gasteiger partial charge is 0.407 e. The average molecular weight is 458 g/mol. The molecule has 2 amide bonds. The van der Waals surface area contributed by atoms with Crippen LogP contribution in [0.3, 0.4) is 0 Å². The van der Waals surface area contributed by atoms with Gasteiger partial charge in [0.2, 0.25) is 0 Å². The zero-order chi connectivity index (χ0) is 23.9. The van der Waals surface area contributed by atoms with Gasteiger partial charge in [-0.1, -0.05) is 54.6 Å². The number of carbonyl (C=O) groups excluding carboxylic acids is 2. The first-order valence-corrected chi connectivity index (χ1v) is 10.6. The molecule has 9 heteroatoms. The molecule has 0 fully saturated rings. The minimum Gasteiger partial charge on any atom is -0.478 e. The maximum Gasteiger partial charge on any atom is 0.407 e. The number of ether oxygens (including phenoxy) is 1. The van der Waals surface area contributed by atoms with E-state index < -0.39 is 18.0 Å². The molecule has 172 valence electrons. The summed E-state index contributed by atoms with van der Waals surface area (Å²) in [6.07, 6.45) is 4.33. The molecular weight excluding hydrogens is 436 g/mol. The van der Waals surface area contributed by atoms with Crippen LogP contribution in [0.1, 0.15) is 33.2 Å². The highest BCUT2D eigenvalue weighted by Gasteiger charge is 2.28. The first kappa shape index (κ1) is 22.7. The highest BCUT2D eigenvalue weighted by Crippen LogP contribution is 2.44. The highest BCUT2D eigenvalue weighted by molar-refractivity contribution is 5.93. The van der Waals surface area contributed by atoms with Gasteiger partial charge in [0.25, 0.3) is 5.91 Å². The standard InChI is InChI=1S/C25H22N4O5/c30-23(31)10-5-11-26-24(32)16-12-27-22(28-13-16)14-29-25(33)34-15-21-19-8-3-1-6-17(19)18-7-2-4-9-20(18)21/h1-10,12-13,21H,11,14-15H2,(H,26,32)(H,29,33)(H,30,31)/b10-5+. The number of amides is 2. The van der Waals surface area contributed by atoms with Gasteiger partial charge in [0.15, 0.2) is 0 Å². The summed E-state index contributed by atoms with van der Waals surface area (Å²) in [6, 6.07) is 16.2. The number of alkyl carbamates (subject to hydrolysis) is 1. The molecule has 1 aliphatic rings. The molecule has 1 aliphatic carbocycles. The van der Waals surface area contributed by atoms with Crippen LogP contribution >= 0.6 is 0 Å². The van der Waals surface area contributed by atoms with E-state index in [0.29, 0.717) is 5.82 Å². The number of carboxylic acid groups (broad SMARTS) is 1. The van der Waals surface area contributed by atoms with E-state index in [1.54, 1.807) is 0 Å². The zero-order valence-electron chi connectivity index (χ0n) is 18.1. The van der Waals surface area contributed by atoms with Crippen LogP contribution in [0, 0.1) is 0 Å². The van der Waals surface area contributed by atoms with Crippen molar-refractivity contribution in [2.24, 2.45) is 0 Å². The second-order valence-corrected chi connectivity index (χ2v) is 7.52. The van der Waals surface area contributed by atoms with Crippen LogP contribution in [0.5, 0.6) is 0 Å². The third-order valence-corrected chi connectivity index (χ3v) is 5.34. The Bertz CT molecular complexity index is 1190. The number of hydrogen-bond donors (Lipinski definition) is 3. The molecule has 0 atom stereocenters. The molecule has 9 nitrogen and oxygen atoms in total. The summed E-state index contributed by atoms with van der Waals surface area (Å²) in [5, 5.41) is 13.7. The molecule has 0 spiro atoms. The number of hydrogen-bond acceptors (Lipinski definition) is 6. The lowest BCUT2D eigenvalue weighted by Crippen LogP contribution is -2.27. The fourth-order valence-corrected chi connectivity index (χ4v) is 3.78. The van der Waals surface area contributed by atoms with Crippen molar-refractivity contribution in [3.63, 3.8) is 0 Å². The van der Waals surface area contributed by atoms with E-state index in [0.717, 1.165) is 28.3 Å². The molecule has 0 aliphatic heterocycles. The van der Waals surface area contributed by atoms with Crippen LogP contribution in [-0.4, -0.2) is 46.2 Å². The second kappa shape index (κ2) is 10.4. The van der Waals surface area contributed by atoms with Crippen molar-refractivity contribution in [2.45, 2.75) is 12.5 Å². The summed E-state index contributed by atoms with van der Waals surface area (Å²) in [6.45, 7) is 0.312. The molecule has 3 aromatic rings. The lowest BCUT2D eigenvalue weighted by molar-refractivity contribution is -0.131. The zero-order valence-corrected chi connectivity index (χ0v) is 18.1. The van der Waals surface area contributed by atoms with E-state index in [-0.39, 0.29) is 31.2 Å². The minimum absolute atomic E-state index is 0.0301. The summed E-state index contributed by atoms with van der Waals surface area (Å²) < 4.78 is 5.48. The van der Waals surface area contributed by atoms with Crippen LogP contribution in [0.2, 0.25) is 0 Å². The van der Waals surface area contributed by atoms with E-state index in [9.17, 15) is 14.4 Å². The topological polar surface area (TPSA) is 131 Å². The predicted molar refractivity (Wildman–Crippen MR) is 123 cm³/mol. The Balaban J connectivity index is 1.27. The maximum atomic E-state index is 12.3. The molecule has 0 saturated carbocycles. The first-order chi connectivity index (χ1) is 16.5. The van der Waals surface area contributed by atoms with Crippen molar-refractivity contribution in [1.82, 2.24) is 20.6 Å². The third-order valence-electron chi connectivity index (χ3n) is 5.34. The Morgan fingerprint density at radius 2 is 1.56 bits per heavy atom. The number of benzene rings is 2. The Morgan fingerprint density at radius 1 is 0.941 bits per heavy atom. The molecule has 0 unspecified atom stereocenters. The SMILES string of the molecule is O=C(O)/C=C/CNC(=O)c1cnc(CNC(=O)OCC2c3ccccc3-c3ccccc32)nc1. The number of fused-ring (bicyclic) bond motifs is 3. The van der Waals surface area contributed by atoms with Crippen LogP contribution in [0.4, 0.5) is 4.79 Å². The molecule has 2 aromatic carbocycles. The number of nitrogens with zero attached hydrogens (tertiary/aromatic N) is 2. The number of nitrogens with one attached hydrogen (secondary N) is 2. The van der Waals surface area contributed by atoms with Crippen LogP contribution in [0.25, 0.3) is 11.1 Å². The summed E-state index contributed by atoms with van der Waals surface area (Å²) in [4.78, 5) is 42.8. The number of carbonyl (C=O) groups is 3. The van der Waals surface area contributed by atoms with Crippen LogP contribution < -0.4 is 10.6 Å². The summed E-state index contributed by atoms with van der Waals surface area (Å²) in [7, 11) is 0. The van der Waals surface area contributed by atoms with Gasteiger partial charge >= 0.3 is 12.1 Å². The predicted octanol–water partition coefficient (Wildman–Crippen LogP) is 2.89. The second-order valence-electron chi connectivity index (χ2n) is 7.52. The largest absolute Gasteiger partial charge is 0.478 e. The molecule has 34 heavy (non-hydrogen) atoms. The molecule has 3 N–H and O–H groups in total. The van der Waals surface area contributed by atoms with E-state index in [1.807, 2.05) is 24.3 Å². The lowest BCUT2D eigenvalue weighted by Gasteiger charge is -2.14. The van der Waals surface area contributed by atoms with Crippen LogP contribution in [0.15, 0.2) is 73.1 Å². The number of aromatic nitrogens is 2. The molecule has 1 heterocycles. The van der Waals surface area contributed by atoms with Crippen molar-refractivity contribution in [3.05, 3.63) is 95.6 Å². The fourth-order valence-electron chi connectivity index (χ4n) is 3.78. The van der Waals surface area contributed by atoms with E-state index in [1.165, 1.54) is 18.5 Å². The van der Waals surface area contributed by atoms with Gasteiger partial charge in [-0.05, 0) is 22.3 Å². The van der Waals surface area contributed by atoms with Gasteiger partial charge in [0.1, 0.15) is 12.4 Å². The Hall–Kier alpha value is -4.53. The van der Waals surface area contributed by atoms with Crippen molar-refractivity contribution in [2.75, 3.05) is 13.2 Å². The quantitative estimate of drug-likeness (QED) is 0.443. The highest BCUT2D eigenvalue weighted by atomic mass is 16.5. The molecule has 0 bridgehead atoms. The van der Waals surface area contributed by atoms with Gasteiger partial charge in [-0.2, -0.15) is 0 Å². The first-order valence-electron chi connectivity index (χ1n) is 10.6. The Morgan fingerprint density at radius 3 is 2.18 bits per heavy atom. The molecular formula is C25H22N4O5. The number of aliphatic carboxylic acids is 1. The molecule has 0 saturated heterocycles. The third kappa shape index (κ3) is 5.26. The van der Waals surface area contributed by atoms with Gasteiger partial charge in [0.05, 0.1) is 12.1 Å². The van der Waals surface area contributed by atoms with Crippen molar-refractivity contribution >= 4 is 18.0 Å². The average Bonchev–Trinajstić information content (AvgIpc) is 3.18. The molecule has 0 radical (unpaired) electrons. The number of carboxylic acids is 1. The normalized spacial score (nSPS) is 12.1. The van der Waals surface area contributed by atoms with Crippen molar-refractivity contribution in [3.8, 4) is 11.1 Å². The monoisotopic (exact) mass is 458 g/mol. The maximum absolute atomic E-state index is 12.3. The summed E-state index contributed by atoms with van der Waals surface area (Å²) in [5.41, 5.74) is 4.79. The van der Waals surface area contributed by atoms with E-state index >= 15 is 0 Å². The van der Waals surface area contributed by atoms with E-state index in [4.69, 9.17) is 9.84 Å². The van der Waals surface area contributed by atoms with Gasteiger partial charge < -0.3 is 20.5 Å². The van der Waals surface area contributed by atoms with Crippen molar-refractivity contribution < 1.29 is 24.2 Å². The summed E-state index contributed by atoms with van der Waals surface area (Å²) in [5.74, 6) is -1.25.